The third-order valence-electron chi connectivity index (χ3n) is 2.36. The van der Waals surface area contributed by atoms with Crippen molar-refractivity contribution < 1.29 is 4.79 Å². The lowest BCUT2D eigenvalue weighted by Crippen LogP contribution is -2.37. The molecule has 2 heterocycles. The summed E-state index contributed by atoms with van der Waals surface area (Å²) in [4.78, 5) is 37.0. The molecule has 0 radical (unpaired) electrons. The van der Waals surface area contributed by atoms with E-state index in [0.717, 1.165) is 16.3 Å². The summed E-state index contributed by atoms with van der Waals surface area (Å²) in [5.74, 6) is -0.356. The van der Waals surface area contributed by atoms with Gasteiger partial charge in [0.1, 0.15) is 0 Å². The van der Waals surface area contributed by atoms with Crippen LogP contribution < -0.4 is 11.2 Å². The van der Waals surface area contributed by atoms with Crippen molar-refractivity contribution in [3.63, 3.8) is 0 Å². The number of Topliss-reactive ketones (excluding diaryl/α,β-unsaturated/α-hetero) is 1. The molecule has 0 unspecified atom stereocenters. The molecule has 0 fully saturated rings. The number of carbonyl (C=O) groups excluding carboxylic acids is 1. The van der Waals surface area contributed by atoms with E-state index in [0.29, 0.717) is 0 Å². The largest absolute Gasteiger partial charge is 0.328 e. The summed E-state index contributed by atoms with van der Waals surface area (Å²) in [5.41, 5.74) is -0.193. The molecule has 0 aliphatic rings. The predicted octanol–water partition coefficient (Wildman–Crippen LogP) is 0.849. The van der Waals surface area contributed by atoms with Crippen molar-refractivity contribution in [3.8, 4) is 0 Å². The molecule has 6 heteroatoms. The second kappa shape index (κ2) is 4.50. The number of thiophene rings is 1. The Morgan fingerprint density at radius 2 is 2.24 bits per heavy atom. The first kappa shape index (κ1) is 11.5. The van der Waals surface area contributed by atoms with Crippen molar-refractivity contribution in [1.29, 1.82) is 0 Å². The molecule has 2 aromatic heterocycles. The van der Waals surface area contributed by atoms with E-state index < -0.39 is 11.2 Å². The zero-order chi connectivity index (χ0) is 12.4. The third-order valence-corrected chi connectivity index (χ3v) is 3.09. The van der Waals surface area contributed by atoms with Crippen LogP contribution in [0.15, 0.2) is 32.6 Å². The highest BCUT2D eigenvalue weighted by atomic mass is 32.1. The van der Waals surface area contributed by atoms with Gasteiger partial charge in [-0.2, -0.15) is 11.3 Å². The van der Waals surface area contributed by atoms with Crippen LogP contribution in [0.1, 0.15) is 22.8 Å². The maximum Gasteiger partial charge on any atom is 0.328 e. The zero-order valence-corrected chi connectivity index (χ0v) is 9.91. The van der Waals surface area contributed by atoms with Crippen LogP contribution in [0.25, 0.3) is 0 Å². The second-order valence-corrected chi connectivity index (χ2v) is 4.37. The SMILES string of the molecule is CC(=O)c1c[nH]c(=O)n(Cc2ccsc2)c1=O. The van der Waals surface area contributed by atoms with Crippen molar-refractivity contribution in [1.82, 2.24) is 9.55 Å². The topological polar surface area (TPSA) is 71.9 Å². The summed E-state index contributed by atoms with van der Waals surface area (Å²) < 4.78 is 1.03. The molecule has 88 valence electrons. The Hall–Kier alpha value is -1.95. The minimum absolute atomic E-state index is 0.000158. The van der Waals surface area contributed by atoms with Gasteiger partial charge in [-0.1, -0.05) is 0 Å². The average Bonchev–Trinajstić information content (AvgIpc) is 2.76. The van der Waals surface area contributed by atoms with Gasteiger partial charge in [0.25, 0.3) is 5.56 Å². The standard InChI is InChI=1S/C11H10N2O3S/c1-7(14)9-4-12-11(16)13(10(9)15)5-8-2-3-17-6-8/h2-4,6H,5H2,1H3,(H,12,16). The molecule has 0 bridgehead atoms. The van der Waals surface area contributed by atoms with Gasteiger partial charge in [-0.05, 0) is 29.3 Å². The lowest BCUT2D eigenvalue weighted by molar-refractivity contribution is 0.101. The minimum atomic E-state index is -0.549. The Balaban J connectivity index is 2.53. The molecular formula is C11H10N2O3S. The molecule has 0 saturated carbocycles. The van der Waals surface area contributed by atoms with Crippen LogP contribution in [0.5, 0.6) is 0 Å². The summed E-state index contributed by atoms with van der Waals surface area (Å²) in [6.07, 6.45) is 1.16. The van der Waals surface area contributed by atoms with Gasteiger partial charge in [0.05, 0.1) is 12.1 Å². The summed E-state index contributed by atoms with van der Waals surface area (Å²) in [5, 5.41) is 3.72. The molecule has 5 nitrogen and oxygen atoms in total. The Morgan fingerprint density at radius 1 is 1.47 bits per heavy atom. The molecular weight excluding hydrogens is 240 g/mol. The first-order valence-electron chi connectivity index (χ1n) is 4.94. The molecule has 0 amide bonds. The summed E-state index contributed by atoms with van der Waals surface area (Å²) in [6.45, 7) is 1.47. The smallest absolute Gasteiger partial charge is 0.313 e. The zero-order valence-electron chi connectivity index (χ0n) is 9.10. The van der Waals surface area contributed by atoms with E-state index in [4.69, 9.17) is 0 Å². The van der Waals surface area contributed by atoms with Crippen molar-refractivity contribution in [2.45, 2.75) is 13.5 Å². The molecule has 0 aliphatic heterocycles. The minimum Gasteiger partial charge on any atom is -0.313 e. The summed E-state index contributed by atoms with van der Waals surface area (Å²) in [6, 6.07) is 1.83. The number of hydrogen-bond acceptors (Lipinski definition) is 4. The van der Waals surface area contributed by atoms with Crippen LogP contribution in [-0.4, -0.2) is 15.3 Å². The van der Waals surface area contributed by atoms with E-state index in [1.807, 2.05) is 16.8 Å². The Morgan fingerprint density at radius 3 is 2.82 bits per heavy atom. The van der Waals surface area contributed by atoms with Gasteiger partial charge in [0.15, 0.2) is 5.78 Å². The number of nitrogens with one attached hydrogen (secondary N) is 1. The average molecular weight is 250 g/mol. The van der Waals surface area contributed by atoms with Gasteiger partial charge >= 0.3 is 5.69 Å². The number of carbonyl (C=O) groups is 1. The van der Waals surface area contributed by atoms with E-state index in [9.17, 15) is 14.4 Å². The third kappa shape index (κ3) is 2.26. The first-order chi connectivity index (χ1) is 8.09. The fourth-order valence-electron chi connectivity index (χ4n) is 1.47. The van der Waals surface area contributed by atoms with Crippen LogP contribution in [-0.2, 0) is 6.54 Å². The molecule has 0 aliphatic carbocycles. The molecule has 2 rings (SSSR count). The number of ketones is 1. The number of nitrogens with zero attached hydrogens (tertiary/aromatic N) is 1. The number of rotatable bonds is 3. The van der Waals surface area contributed by atoms with E-state index in [1.54, 1.807) is 0 Å². The van der Waals surface area contributed by atoms with Gasteiger partial charge < -0.3 is 4.98 Å². The van der Waals surface area contributed by atoms with Crippen molar-refractivity contribution in [3.05, 3.63) is 55.0 Å². The van der Waals surface area contributed by atoms with Crippen molar-refractivity contribution in [2.75, 3.05) is 0 Å². The van der Waals surface area contributed by atoms with Crippen LogP contribution in [0.4, 0.5) is 0 Å². The molecule has 17 heavy (non-hydrogen) atoms. The van der Waals surface area contributed by atoms with Crippen LogP contribution in [0.3, 0.4) is 0 Å². The Bertz CT molecular complexity index is 652. The van der Waals surface area contributed by atoms with Gasteiger partial charge in [-0.15, -0.1) is 0 Å². The highest BCUT2D eigenvalue weighted by Crippen LogP contribution is 2.05. The Kier molecular flexibility index (Phi) is 3.06. The second-order valence-electron chi connectivity index (χ2n) is 3.59. The lowest BCUT2D eigenvalue weighted by Gasteiger charge is -2.03. The van der Waals surface area contributed by atoms with Crippen LogP contribution >= 0.6 is 11.3 Å². The predicted molar refractivity (Wildman–Crippen MR) is 64.7 cm³/mol. The van der Waals surface area contributed by atoms with Gasteiger partial charge in [0, 0.05) is 6.20 Å². The van der Waals surface area contributed by atoms with E-state index in [-0.39, 0.29) is 17.9 Å². The van der Waals surface area contributed by atoms with Crippen LogP contribution in [0, 0.1) is 0 Å². The van der Waals surface area contributed by atoms with Gasteiger partial charge in [-0.25, -0.2) is 4.79 Å². The summed E-state index contributed by atoms with van der Waals surface area (Å²) >= 11 is 1.49. The number of aromatic nitrogens is 2. The normalized spacial score (nSPS) is 10.4. The molecule has 0 aromatic carbocycles. The van der Waals surface area contributed by atoms with Crippen LogP contribution in [0.2, 0.25) is 0 Å². The quantitative estimate of drug-likeness (QED) is 0.821. The number of aromatic amines is 1. The molecule has 0 atom stereocenters. The maximum absolute atomic E-state index is 11.9. The molecule has 2 aromatic rings. The van der Waals surface area contributed by atoms with E-state index in [1.165, 1.54) is 18.3 Å². The van der Waals surface area contributed by atoms with Gasteiger partial charge in [-0.3, -0.25) is 14.2 Å². The monoisotopic (exact) mass is 250 g/mol. The Labute approximate surface area is 100 Å². The molecule has 0 spiro atoms. The molecule has 0 saturated heterocycles. The van der Waals surface area contributed by atoms with Gasteiger partial charge in [0.2, 0.25) is 0 Å². The summed E-state index contributed by atoms with van der Waals surface area (Å²) in [7, 11) is 0. The number of hydrogen-bond donors (Lipinski definition) is 1. The van der Waals surface area contributed by atoms with E-state index >= 15 is 0 Å². The fraction of sp³-hybridized carbons (Fsp3) is 0.182. The van der Waals surface area contributed by atoms with Crippen molar-refractivity contribution in [2.24, 2.45) is 0 Å². The highest BCUT2D eigenvalue weighted by molar-refractivity contribution is 7.07. The highest BCUT2D eigenvalue weighted by Gasteiger charge is 2.11. The first-order valence-corrected chi connectivity index (χ1v) is 5.88. The molecule has 1 N–H and O–H groups in total. The lowest BCUT2D eigenvalue weighted by atomic mass is 10.2. The van der Waals surface area contributed by atoms with Crippen molar-refractivity contribution >= 4 is 17.1 Å². The maximum atomic E-state index is 11.9. The van der Waals surface area contributed by atoms with E-state index in [2.05, 4.69) is 4.98 Å². The fourth-order valence-corrected chi connectivity index (χ4v) is 2.13. The number of H-pyrrole nitrogens is 1.